The molecule has 1 saturated heterocycles. The number of piperidine rings is 1. The van der Waals surface area contributed by atoms with E-state index in [1.807, 2.05) is 49.5 Å². The molecule has 0 aliphatic carbocycles. The van der Waals surface area contributed by atoms with E-state index >= 15 is 0 Å². The van der Waals surface area contributed by atoms with E-state index in [9.17, 15) is 9.59 Å². The predicted molar refractivity (Wildman–Crippen MR) is 112 cm³/mol. The number of fused-ring (bicyclic) bond motifs is 1. The van der Waals surface area contributed by atoms with E-state index in [0.717, 1.165) is 48.4 Å². The second-order valence-electron chi connectivity index (χ2n) is 7.66. The van der Waals surface area contributed by atoms with Crippen molar-refractivity contribution in [3.05, 3.63) is 65.6 Å². The van der Waals surface area contributed by atoms with Crippen molar-refractivity contribution < 1.29 is 9.59 Å². The van der Waals surface area contributed by atoms with E-state index in [0.29, 0.717) is 12.2 Å². The van der Waals surface area contributed by atoms with Gasteiger partial charge in [-0.25, -0.2) is 4.98 Å². The molecule has 0 bridgehead atoms. The quantitative estimate of drug-likeness (QED) is 0.699. The fourth-order valence-electron chi connectivity index (χ4n) is 3.95. The number of likely N-dealkylation sites (tertiary alicyclic amines) is 1. The van der Waals surface area contributed by atoms with Gasteiger partial charge in [0.1, 0.15) is 11.3 Å². The molecule has 1 unspecified atom stereocenters. The zero-order valence-electron chi connectivity index (χ0n) is 16.5. The number of aryl methyl sites for hydroxylation is 1. The monoisotopic (exact) mass is 391 g/mol. The summed E-state index contributed by atoms with van der Waals surface area (Å²) in [7, 11) is 0. The van der Waals surface area contributed by atoms with Crippen LogP contribution < -0.4 is 11.1 Å². The third-order valence-corrected chi connectivity index (χ3v) is 5.46. The number of nitrogens with one attached hydrogen (secondary N) is 1. The number of carbonyl (C=O) groups excluding carboxylic acids is 2. The van der Waals surface area contributed by atoms with Crippen LogP contribution in [-0.2, 0) is 11.3 Å². The van der Waals surface area contributed by atoms with E-state index in [-0.39, 0.29) is 17.7 Å². The maximum atomic E-state index is 12.8. The van der Waals surface area contributed by atoms with Crippen molar-refractivity contribution in [2.75, 3.05) is 18.4 Å². The molecular formula is C22H25N5O2. The molecular weight excluding hydrogens is 366 g/mol. The third-order valence-electron chi connectivity index (χ3n) is 5.46. The molecule has 0 spiro atoms. The number of anilines is 1. The van der Waals surface area contributed by atoms with Gasteiger partial charge in [0.05, 0.1) is 12.1 Å². The lowest BCUT2D eigenvalue weighted by molar-refractivity contribution is -0.123. The highest BCUT2D eigenvalue weighted by Gasteiger charge is 2.24. The highest BCUT2D eigenvalue weighted by molar-refractivity contribution is 6.03. The van der Waals surface area contributed by atoms with Crippen LogP contribution in [0, 0.1) is 12.8 Å². The molecule has 3 aromatic rings. The van der Waals surface area contributed by atoms with Gasteiger partial charge in [-0.15, -0.1) is 0 Å². The Morgan fingerprint density at radius 1 is 1.28 bits per heavy atom. The normalized spacial score (nSPS) is 17.3. The first-order valence-corrected chi connectivity index (χ1v) is 9.86. The zero-order valence-corrected chi connectivity index (χ0v) is 16.5. The van der Waals surface area contributed by atoms with Crippen molar-refractivity contribution in [1.82, 2.24) is 14.3 Å². The second-order valence-corrected chi connectivity index (χ2v) is 7.66. The number of hydrogen-bond donors (Lipinski definition) is 2. The molecule has 2 aromatic heterocycles. The summed E-state index contributed by atoms with van der Waals surface area (Å²) in [4.78, 5) is 30.9. The molecule has 3 N–H and O–H groups in total. The van der Waals surface area contributed by atoms with E-state index in [1.165, 1.54) is 0 Å². The lowest BCUT2D eigenvalue weighted by Crippen LogP contribution is -2.40. The molecule has 1 atom stereocenters. The average Bonchev–Trinajstić information content (AvgIpc) is 3.14. The lowest BCUT2D eigenvalue weighted by atomic mass is 9.97. The molecule has 0 saturated carbocycles. The standard InChI is InChI=1S/C22H25N5O2/c1-15-5-3-10-27-19(12-24-21(15)27)22(29)25-18-8-2-6-16(11-18)13-26-9-4-7-17(14-26)20(23)28/h2-3,5-6,8,10-12,17H,4,7,9,13-14H2,1H3,(H2,23,28)(H,25,29). The van der Waals surface area contributed by atoms with Crippen LogP contribution in [-0.4, -0.2) is 39.2 Å². The summed E-state index contributed by atoms with van der Waals surface area (Å²) < 4.78 is 1.80. The Labute approximate surface area is 169 Å². The summed E-state index contributed by atoms with van der Waals surface area (Å²) in [5.41, 5.74) is 9.59. The van der Waals surface area contributed by atoms with Gasteiger partial charge in [0.15, 0.2) is 0 Å². The van der Waals surface area contributed by atoms with Gasteiger partial charge in [-0.1, -0.05) is 18.2 Å². The number of primary amides is 1. The van der Waals surface area contributed by atoms with Crippen molar-refractivity contribution in [1.29, 1.82) is 0 Å². The second kappa shape index (κ2) is 8.05. The van der Waals surface area contributed by atoms with E-state index in [1.54, 1.807) is 10.6 Å². The highest BCUT2D eigenvalue weighted by Crippen LogP contribution is 2.20. The molecule has 1 aliphatic heterocycles. The number of nitrogens with two attached hydrogens (primary N) is 1. The SMILES string of the molecule is Cc1cccn2c(C(=O)Nc3cccc(CN4CCCC(C(N)=O)C4)c3)cnc12. The smallest absolute Gasteiger partial charge is 0.274 e. The van der Waals surface area contributed by atoms with E-state index in [4.69, 9.17) is 5.73 Å². The molecule has 4 rings (SSSR count). The Hall–Kier alpha value is -3.19. The van der Waals surface area contributed by atoms with Crippen LogP contribution in [0.15, 0.2) is 48.8 Å². The Morgan fingerprint density at radius 2 is 2.14 bits per heavy atom. The number of nitrogens with zero attached hydrogens (tertiary/aromatic N) is 3. The average molecular weight is 391 g/mol. The summed E-state index contributed by atoms with van der Waals surface area (Å²) in [5, 5.41) is 2.97. The van der Waals surface area contributed by atoms with Crippen LogP contribution in [0.5, 0.6) is 0 Å². The summed E-state index contributed by atoms with van der Waals surface area (Å²) in [5.74, 6) is -0.503. The van der Waals surface area contributed by atoms with E-state index in [2.05, 4.69) is 15.2 Å². The van der Waals surface area contributed by atoms with E-state index < -0.39 is 0 Å². The molecule has 1 fully saturated rings. The number of rotatable bonds is 5. The maximum absolute atomic E-state index is 12.8. The Kier molecular flexibility index (Phi) is 5.31. The van der Waals surface area contributed by atoms with Gasteiger partial charge in [0.25, 0.3) is 5.91 Å². The molecule has 29 heavy (non-hydrogen) atoms. The summed E-state index contributed by atoms with van der Waals surface area (Å²) in [6.45, 7) is 4.33. The first kappa shape index (κ1) is 19.1. The minimum Gasteiger partial charge on any atom is -0.369 e. The minimum atomic E-state index is -0.223. The van der Waals surface area contributed by atoms with Crippen molar-refractivity contribution in [3.8, 4) is 0 Å². The van der Waals surface area contributed by atoms with Crippen molar-refractivity contribution in [2.24, 2.45) is 11.7 Å². The lowest BCUT2D eigenvalue weighted by Gasteiger charge is -2.31. The molecule has 0 radical (unpaired) electrons. The van der Waals surface area contributed by atoms with Gasteiger partial charge >= 0.3 is 0 Å². The fourth-order valence-corrected chi connectivity index (χ4v) is 3.95. The number of carbonyl (C=O) groups is 2. The van der Waals surface area contributed by atoms with Crippen molar-refractivity contribution >= 4 is 23.1 Å². The fraction of sp³-hybridized carbons (Fsp3) is 0.318. The van der Waals surface area contributed by atoms with Crippen LogP contribution in [0.4, 0.5) is 5.69 Å². The largest absolute Gasteiger partial charge is 0.369 e. The predicted octanol–water partition coefficient (Wildman–Crippen LogP) is 2.59. The first-order chi connectivity index (χ1) is 14.0. The molecule has 1 aromatic carbocycles. The molecule has 7 heteroatoms. The molecule has 1 aliphatic rings. The molecule has 150 valence electrons. The van der Waals surface area contributed by atoms with Gasteiger partial charge in [0, 0.05) is 25.0 Å². The van der Waals surface area contributed by atoms with Crippen LogP contribution in [0.3, 0.4) is 0 Å². The number of imidazole rings is 1. The Morgan fingerprint density at radius 3 is 2.97 bits per heavy atom. The minimum absolute atomic E-state index is 0.0785. The summed E-state index contributed by atoms with van der Waals surface area (Å²) in [6.07, 6.45) is 5.27. The van der Waals surface area contributed by atoms with Gasteiger partial charge in [0.2, 0.25) is 5.91 Å². The number of aromatic nitrogens is 2. The Bertz CT molecular complexity index is 1060. The van der Waals surface area contributed by atoms with Gasteiger partial charge in [-0.05, 0) is 55.6 Å². The zero-order chi connectivity index (χ0) is 20.4. The molecule has 2 amide bonds. The van der Waals surface area contributed by atoms with Crippen molar-refractivity contribution in [2.45, 2.75) is 26.3 Å². The van der Waals surface area contributed by atoms with Crippen LogP contribution in [0.25, 0.3) is 5.65 Å². The van der Waals surface area contributed by atoms with Gasteiger partial charge in [-0.3, -0.25) is 18.9 Å². The molecule has 3 heterocycles. The number of benzene rings is 1. The number of pyridine rings is 1. The number of hydrogen-bond acceptors (Lipinski definition) is 4. The van der Waals surface area contributed by atoms with Gasteiger partial charge in [-0.2, -0.15) is 0 Å². The highest BCUT2D eigenvalue weighted by atomic mass is 16.2. The molecule has 7 nitrogen and oxygen atoms in total. The first-order valence-electron chi connectivity index (χ1n) is 9.86. The van der Waals surface area contributed by atoms with Crippen LogP contribution in [0.2, 0.25) is 0 Å². The van der Waals surface area contributed by atoms with Crippen molar-refractivity contribution in [3.63, 3.8) is 0 Å². The van der Waals surface area contributed by atoms with Crippen LogP contribution >= 0.6 is 0 Å². The summed E-state index contributed by atoms with van der Waals surface area (Å²) >= 11 is 0. The Balaban J connectivity index is 1.46. The summed E-state index contributed by atoms with van der Waals surface area (Å²) in [6, 6.07) is 11.7. The van der Waals surface area contributed by atoms with Crippen LogP contribution in [0.1, 0.15) is 34.5 Å². The van der Waals surface area contributed by atoms with Gasteiger partial charge < -0.3 is 11.1 Å². The number of amides is 2. The third kappa shape index (κ3) is 4.14. The topological polar surface area (TPSA) is 92.7 Å². The maximum Gasteiger partial charge on any atom is 0.274 e.